The van der Waals surface area contributed by atoms with Crippen LogP contribution in [0.1, 0.15) is 34.0 Å². The number of anilines is 3. The molecule has 5 rings (SSSR count). The Balaban J connectivity index is 1.31. The van der Waals surface area contributed by atoms with E-state index in [2.05, 4.69) is 53.3 Å². The molecule has 1 saturated heterocycles. The van der Waals surface area contributed by atoms with Gasteiger partial charge in [-0.25, -0.2) is 9.97 Å². The number of nitrogens with zero attached hydrogens (tertiary/aromatic N) is 5. The smallest absolute Gasteiger partial charge is 0.324 e. The zero-order chi connectivity index (χ0) is 30.6. The summed E-state index contributed by atoms with van der Waals surface area (Å²) >= 11 is 3.41. The number of hydrogen-bond donors (Lipinski definition) is 2. The van der Waals surface area contributed by atoms with Crippen LogP contribution in [-0.4, -0.2) is 63.4 Å². The van der Waals surface area contributed by atoms with E-state index in [4.69, 9.17) is 0 Å². The van der Waals surface area contributed by atoms with E-state index < -0.39 is 17.6 Å². The molecule has 1 aliphatic heterocycles. The van der Waals surface area contributed by atoms with E-state index >= 15 is 0 Å². The first-order valence-corrected chi connectivity index (χ1v) is 14.7. The number of benzene rings is 2. The number of nitrogens with one attached hydrogen (secondary N) is 2. The first kappa shape index (κ1) is 30.6. The second-order valence-electron chi connectivity index (χ2n) is 10.3. The molecule has 0 radical (unpaired) electrons. The highest BCUT2D eigenvalue weighted by molar-refractivity contribution is 9.10. The highest BCUT2D eigenvalue weighted by Gasteiger charge is 2.34. The highest BCUT2D eigenvalue weighted by atomic mass is 79.9. The summed E-state index contributed by atoms with van der Waals surface area (Å²) in [6, 6.07) is 12.6. The van der Waals surface area contributed by atoms with Gasteiger partial charge in [-0.15, -0.1) is 0 Å². The van der Waals surface area contributed by atoms with Crippen molar-refractivity contribution in [3.8, 4) is 11.3 Å². The van der Waals surface area contributed by atoms with E-state index in [9.17, 15) is 18.0 Å². The molecular weight excluding hydrogens is 623 g/mol. The molecule has 3 heterocycles. The number of pyridine rings is 1. The fraction of sp³-hybridized carbons (Fsp3) is 0.290. The molecule has 1 aliphatic rings. The maximum absolute atomic E-state index is 14.1. The molecule has 0 spiro atoms. The summed E-state index contributed by atoms with van der Waals surface area (Å²) in [5, 5.41) is 5.90. The van der Waals surface area contributed by atoms with E-state index in [-0.39, 0.29) is 17.7 Å². The number of alkyl halides is 3. The van der Waals surface area contributed by atoms with Crippen LogP contribution in [0, 0.1) is 6.92 Å². The quantitative estimate of drug-likeness (QED) is 0.217. The van der Waals surface area contributed by atoms with Crippen molar-refractivity contribution >= 4 is 39.2 Å². The fourth-order valence-corrected chi connectivity index (χ4v) is 5.28. The molecule has 1 fully saturated rings. The predicted octanol–water partition coefficient (Wildman–Crippen LogP) is 6.76. The van der Waals surface area contributed by atoms with Gasteiger partial charge in [-0.05, 0) is 76.9 Å². The number of halogens is 4. The van der Waals surface area contributed by atoms with Gasteiger partial charge in [-0.1, -0.05) is 19.1 Å². The van der Waals surface area contributed by atoms with Crippen molar-refractivity contribution in [3.05, 3.63) is 93.8 Å². The third-order valence-corrected chi connectivity index (χ3v) is 7.82. The number of carbonyl (C=O) groups excluding carboxylic acids is 1. The molecule has 2 N–H and O–H groups in total. The van der Waals surface area contributed by atoms with E-state index in [1.165, 1.54) is 12.1 Å². The number of aromatic nitrogens is 3. The zero-order valence-corrected chi connectivity index (χ0v) is 25.3. The molecule has 0 aliphatic carbocycles. The standard InChI is InChI=1S/C31H31BrF3N7O/c1-3-41-10-12-42(13-11-41)19-22-6-5-21(15-26(22)31(33,34)35)29(43)38-25-7-4-20(2)28(16-25)40-30-37-9-8-27(39-30)23-14-24(32)18-36-17-23/h4-9,14-18H,3,10-13,19H2,1-2H3,(H,38,43)(H,37,39,40). The fourth-order valence-electron chi connectivity index (χ4n) is 4.91. The monoisotopic (exact) mass is 653 g/mol. The van der Waals surface area contributed by atoms with Crippen molar-refractivity contribution < 1.29 is 18.0 Å². The Morgan fingerprint density at radius 3 is 2.49 bits per heavy atom. The average molecular weight is 655 g/mol. The van der Waals surface area contributed by atoms with Gasteiger partial charge in [0, 0.05) is 78.3 Å². The van der Waals surface area contributed by atoms with Gasteiger partial charge in [0.2, 0.25) is 5.95 Å². The number of piperazine rings is 1. The molecule has 12 heteroatoms. The third kappa shape index (κ3) is 7.75. The normalized spacial score (nSPS) is 14.5. The molecule has 2 aromatic carbocycles. The topological polar surface area (TPSA) is 86.3 Å². The van der Waals surface area contributed by atoms with Crippen LogP contribution in [0.25, 0.3) is 11.3 Å². The number of rotatable bonds is 8. The molecule has 8 nitrogen and oxygen atoms in total. The Bertz CT molecular complexity index is 1610. The van der Waals surface area contributed by atoms with Crippen molar-refractivity contribution in [2.45, 2.75) is 26.6 Å². The molecule has 0 bridgehead atoms. The molecular formula is C31H31BrF3N7O. The van der Waals surface area contributed by atoms with Gasteiger partial charge in [0.15, 0.2) is 0 Å². The first-order chi connectivity index (χ1) is 20.6. The second-order valence-corrected chi connectivity index (χ2v) is 11.3. The van der Waals surface area contributed by atoms with Crippen molar-refractivity contribution in [3.63, 3.8) is 0 Å². The van der Waals surface area contributed by atoms with E-state index in [1.54, 1.807) is 42.9 Å². The van der Waals surface area contributed by atoms with Crippen LogP contribution >= 0.6 is 15.9 Å². The molecule has 1 amide bonds. The van der Waals surface area contributed by atoms with E-state index in [1.807, 2.05) is 17.9 Å². The first-order valence-electron chi connectivity index (χ1n) is 13.9. The number of carbonyl (C=O) groups is 1. The number of hydrogen-bond acceptors (Lipinski definition) is 7. The number of amides is 1. The molecule has 224 valence electrons. The maximum atomic E-state index is 14.1. The van der Waals surface area contributed by atoms with Crippen molar-refractivity contribution in [1.29, 1.82) is 0 Å². The average Bonchev–Trinajstić information content (AvgIpc) is 2.99. The van der Waals surface area contributed by atoms with Crippen LogP contribution in [-0.2, 0) is 12.7 Å². The van der Waals surface area contributed by atoms with Gasteiger partial charge in [0.1, 0.15) is 0 Å². The number of likely N-dealkylation sites (N-methyl/N-ethyl adjacent to an activating group) is 1. The molecule has 43 heavy (non-hydrogen) atoms. The van der Waals surface area contributed by atoms with Crippen molar-refractivity contribution in [2.24, 2.45) is 0 Å². The van der Waals surface area contributed by atoms with Crippen LogP contribution in [0.5, 0.6) is 0 Å². The Kier molecular flexibility index (Phi) is 9.38. The highest BCUT2D eigenvalue weighted by Crippen LogP contribution is 2.34. The van der Waals surface area contributed by atoms with Gasteiger partial charge >= 0.3 is 6.18 Å². The maximum Gasteiger partial charge on any atom is 0.416 e. The lowest BCUT2D eigenvalue weighted by Crippen LogP contribution is -2.45. The van der Waals surface area contributed by atoms with Gasteiger partial charge in [-0.3, -0.25) is 14.7 Å². The summed E-state index contributed by atoms with van der Waals surface area (Å²) in [6.07, 6.45) is 0.418. The van der Waals surface area contributed by atoms with E-state index in [0.717, 1.165) is 41.3 Å². The van der Waals surface area contributed by atoms with Gasteiger partial charge in [0.05, 0.1) is 11.3 Å². The summed E-state index contributed by atoms with van der Waals surface area (Å²) in [5.41, 5.74) is 2.69. The zero-order valence-electron chi connectivity index (χ0n) is 23.7. The van der Waals surface area contributed by atoms with Crippen LogP contribution in [0.3, 0.4) is 0 Å². The minimum absolute atomic E-state index is 0.0689. The van der Waals surface area contributed by atoms with Gasteiger partial charge in [-0.2, -0.15) is 13.2 Å². The van der Waals surface area contributed by atoms with Crippen LogP contribution in [0.4, 0.5) is 30.5 Å². The van der Waals surface area contributed by atoms with E-state index in [0.29, 0.717) is 36.1 Å². The molecule has 2 aromatic heterocycles. The van der Waals surface area contributed by atoms with Gasteiger partial charge in [0.25, 0.3) is 5.91 Å². The summed E-state index contributed by atoms with van der Waals surface area (Å²) < 4.78 is 43.0. The lowest BCUT2D eigenvalue weighted by molar-refractivity contribution is -0.138. The predicted molar refractivity (Wildman–Crippen MR) is 164 cm³/mol. The Labute approximate surface area is 256 Å². The largest absolute Gasteiger partial charge is 0.416 e. The molecule has 4 aromatic rings. The number of aryl methyl sites for hydroxylation is 1. The third-order valence-electron chi connectivity index (χ3n) is 7.38. The summed E-state index contributed by atoms with van der Waals surface area (Å²) in [7, 11) is 0. The van der Waals surface area contributed by atoms with Crippen LogP contribution < -0.4 is 10.6 Å². The Morgan fingerprint density at radius 2 is 1.77 bits per heavy atom. The molecule has 0 saturated carbocycles. The minimum Gasteiger partial charge on any atom is -0.324 e. The summed E-state index contributed by atoms with van der Waals surface area (Å²) in [5.74, 6) is -0.297. The Morgan fingerprint density at radius 1 is 1.00 bits per heavy atom. The lowest BCUT2D eigenvalue weighted by atomic mass is 10.0. The van der Waals surface area contributed by atoms with Crippen LogP contribution in [0.15, 0.2) is 71.6 Å². The minimum atomic E-state index is -4.59. The summed E-state index contributed by atoms with van der Waals surface area (Å²) in [6.45, 7) is 8.12. The Hall–Kier alpha value is -3.87. The second kappa shape index (κ2) is 13.2. The summed E-state index contributed by atoms with van der Waals surface area (Å²) in [4.78, 5) is 30.4. The molecule has 0 atom stereocenters. The van der Waals surface area contributed by atoms with Crippen molar-refractivity contribution in [1.82, 2.24) is 24.8 Å². The van der Waals surface area contributed by atoms with Gasteiger partial charge < -0.3 is 15.5 Å². The lowest BCUT2D eigenvalue weighted by Gasteiger charge is -2.34. The molecule has 0 unspecified atom stereocenters. The SMILES string of the molecule is CCN1CCN(Cc2ccc(C(=O)Nc3ccc(C)c(Nc4nccc(-c5cncc(Br)c5)n4)c3)cc2C(F)(F)F)CC1. The van der Waals surface area contributed by atoms with Crippen LogP contribution in [0.2, 0.25) is 0 Å². The van der Waals surface area contributed by atoms with Crippen molar-refractivity contribution in [2.75, 3.05) is 43.4 Å².